The molecule has 2 fully saturated rings. The number of amides is 1. The standard InChI is InChI=1S/C15H19N5O2/c1-2-17-14(21)15-3-6-22-9-11(15)8-20(10-15)13-12(7-16)18-4-5-19-13/h4-5,11H,2-3,6,8-10H2,1H3,(H,17,21). The summed E-state index contributed by atoms with van der Waals surface area (Å²) in [5.41, 5.74) is -0.161. The Morgan fingerprint density at radius 1 is 1.59 bits per heavy atom. The van der Waals surface area contributed by atoms with E-state index in [0.717, 1.165) is 0 Å². The molecule has 1 amide bonds. The molecule has 0 spiro atoms. The highest BCUT2D eigenvalue weighted by atomic mass is 16.5. The summed E-state index contributed by atoms with van der Waals surface area (Å²) in [6.45, 7) is 4.91. The minimum Gasteiger partial charge on any atom is -0.381 e. The number of carbonyl (C=O) groups excluding carboxylic acids is 1. The Bertz CT molecular complexity index is 614. The van der Waals surface area contributed by atoms with Crippen molar-refractivity contribution in [1.82, 2.24) is 15.3 Å². The molecule has 3 rings (SSSR count). The van der Waals surface area contributed by atoms with Crippen LogP contribution in [0.15, 0.2) is 12.4 Å². The van der Waals surface area contributed by atoms with Gasteiger partial charge < -0.3 is 15.0 Å². The molecule has 2 aliphatic rings. The van der Waals surface area contributed by atoms with Crippen molar-refractivity contribution in [2.24, 2.45) is 11.3 Å². The van der Waals surface area contributed by atoms with Crippen LogP contribution in [0.3, 0.4) is 0 Å². The Kier molecular flexibility index (Phi) is 3.94. The average molecular weight is 301 g/mol. The van der Waals surface area contributed by atoms with Crippen LogP contribution in [-0.2, 0) is 9.53 Å². The predicted octanol–water partition coefficient (Wildman–Crippen LogP) is 0.327. The lowest BCUT2D eigenvalue weighted by atomic mass is 9.73. The lowest BCUT2D eigenvalue weighted by Crippen LogP contribution is -2.50. The van der Waals surface area contributed by atoms with Gasteiger partial charge in [0.05, 0.1) is 12.0 Å². The van der Waals surface area contributed by atoms with Gasteiger partial charge in [0.25, 0.3) is 0 Å². The van der Waals surface area contributed by atoms with Crippen molar-refractivity contribution in [3.63, 3.8) is 0 Å². The second kappa shape index (κ2) is 5.89. The Labute approximate surface area is 129 Å². The maximum Gasteiger partial charge on any atom is 0.228 e. The van der Waals surface area contributed by atoms with Crippen molar-refractivity contribution in [1.29, 1.82) is 5.26 Å². The molecule has 1 N–H and O–H groups in total. The summed E-state index contributed by atoms with van der Waals surface area (Å²) in [4.78, 5) is 23.0. The number of fused-ring (bicyclic) bond motifs is 1. The smallest absolute Gasteiger partial charge is 0.228 e. The van der Waals surface area contributed by atoms with Gasteiger partial charge in [0.15, 0.2) is 11.5 Å². The lowest BCUT2D eigenvalue weighted by molar-refractivity contribution is -0.138. The van der Waals surface area contributed by atoms with Crippen LogP contribution in [0.2, 0.25) is 0 Å². The van der Waals surface area contributed by atoms with Crippen LogP contribution in [0.5, 0.6) is 0 Å². The van der Waals surface area contributed by atoms with Crippen LogP contribution < -0.4 is 10.2 Å². The zero-order valence-electron chi connectivity index (χ0n) is 12.6. The number of hydrogen-bond donors (Lipinski definition) is 1. The Balaban J connectivity index is 1.92. The Morgan fingerprint density at radius 3 is 3.18 bits per heavy atom. The van der Waals surface area contributed by atoms with Crippen molar-refractivity contribution < 1.29 is 9.53 Å². The molecular weight excluding hydrogens is 282 g/mol. The second-order valence-corrected chi connectivity index (χ2v) is 5.76. The molecule has 1 aromatic rings. The Morgan fingerprint density at radius 2 is 2.41 bits per heavy atom. The fourth-order valence-corrected chi connectivity index (χ4v) is 3.46. The fourth-order valence-electron chi connectivity index (χ4n) is 3.46. The largest absolute Gasteiger partial charge is 0.381 e. The molecule has 0 bridgehead atoms. The van der Waals surface area contributed by atoms with Crippen LogP contribution in [0, 0.1) is 22.7 Å². The SMILES string of the molecule is CCNC(=O)C12CCOCC1CN(c1nccnc1C#N)C2. The third kappa shape index (κ3) is 2.29. The molecule has 0 aromatic carbocycles. The molecule has 2 saturated heterocycles. The number of aromatic nitrogens is 2. The summed E-state index contributed by atoms with van der Waals surface area (Å²) < 4.78 is 5.57. The quantitative estimate of drug-likeness (QED) is 0.865. The number of nitrogens with one attached hydrogen (secondary N) is 1. The van der Waals surface area contributed by atoms with Gasteiger partial charge >= 0.3 is 0 Å². The molecule has 2 atom stereocenters. The van der Waals surface area contributed by atoms with Gasteiger partial charge in [0.1, 0.15) is 6.07 Å². The van der Waals surface area contributed by atoms with Crippen molar-refractivity contribution >= 4 is 11.7 Å². The number of hydrogen-bond acceptors (Lipinski definition) is 6. The van der Waals surface area contributed by atoms with E-state index in [-0.39, 0.29) is 11.8 Å². The zero-order chi connectivity index (χ0) is 15.6. The number of nitrogens with zero attached hydrogens (tertiary/aromatic N) is 4. The summed E-state index contributed by atoms with van der Waals surface area (Å²) in [7, 11) is 0. The van der Waals surface area contributed by atoms with Crippen molar-refractivity contribution in [2.75, 3.05) is 37.7 Å². The summed E-state index contributed by atoms with van der Waals surface area (Å²) >= 11 is 0. The van der Waals surface area contributed by atoms with Crippen molar-refractivity contribution in [2.45, 2.75) is 13.3 Å². The molecule has 1 aromatic heterocycles. The normalized spacial score (nSPS) is 27.1. The molecule has 2 unspecified atom stereocenters. The monoisotopic (exact) mass is 301 g/mol. The fraction of sp³-hybridized carbons (Fsp3) is 0.600. The maximum atomic E-state index is 12.6. The molecular formula is C15H19N5O2. The topological polar surface area (TPSA) is 91.1 Å². The zero-order valence-corrected chi connectivity index (χ0v) is 12.6. The van der Waals surface area contributed by atoms with Crippen LogP contribution in [0.25, 0.3) is 0 Å². The van der Waals surface area contributed by atoms with E-state index in [1.165, 1.54) is 6.20 Å². The first-order valence-corrected chi connectivity index (χ1v) is 7.53. The molecule has 2 aliphatic heterocycles. The van der Waals surface area contributed by atoms with Crippen molar-refractivity contribution in [3.05, 3.63) is 18.1 Å². The number of anilines is 1. The van der Waals surface area contributed by atoms with E-state index in [1.807, 2.05) is 11.8 Å². The van der Waals surface area contributed by atoms with Gasteiger partial charge in [-0.25, -0.2) is 9.97 Å². The van der Waals surface area contributed by atoms with E-state index in [2.05, 4.69) is 21.4 Å². The van der Waals surface area contributed by atoms with E-state index < -0.39 is 5.41 Å². The van der Waals surface area contributed by atoms with E-state index in [0.29, 0.717) is 50.8 Å². The van der Waals surface area contributed by atoms with Gasteiger partial charge in [0.2, 0.25) is 5.91 Å². The Hall–Kier alpha value is -2.20. The predicted molar refractivity (Wildman–Crippen MR) is 79.0 cm³/mol. The first kappa shape index (κ1) is 14.7. The van der Waals surface area contributed by atoms with Crippen LogP contribution in [-0.4, -0.2) is 48.7 Å². The first-order chi connectivity index (χ1) is 10.7. The van der Waals surface area contributed by atoms with Gasteiger partial charge in [0, 0.05) is 44.6 Å². The number of rotatable bonds is 3. The lowest BCUT2D eigenvalue weighted by Gasteiger charge is -2.36. The second-order valence-electron chi connectivity index (χ2n) is 5.76. The molecule has 7 nitrogen and oxygen atoms in total. The van der Waals surface area contributed by atoms with Crippen molar-refractivity contribution in [3.8, 4) is 6.07 Å². The molecule has 3 heterocycles. The third-order valence-electron chi connectivity index (χ3n) is 4.58. The number of nitriles is 1. The highest BCUT2D eigenvalue weighted by molar-refractivity contribution is 5.85. The molecule has 0 radical (unpaired) electrons. The van der Waals surface area contributed by atoms with Crippen LogP contribution >= 0.6 is 0 Å². The van der Waals surface area contributed by atoms with Crippen LogP contribution in [0.4, 0.5) is 5.82 Å². The molecule has 7 heteroatoms. The molecule has 0 aliphatic carbocycles. The third-order valence-corrected chi connectivity index (χ3v) is 4.58. The van der Waals surface area contributed by atoms with Gasteiger partial charge in [-0.05, 0) is 13.3 Å². The number of ether oxygens (including phenoxy) is 1. The summed E-state index contributed by atoms with van der Waals surface area (Å²) in [5.74, 6) is 0.748. The van der Waals surface area contributed by atoms with Gasteiger partial charge in [-0.2, -0.15) is 5.26 Å². The highest BCUT2D eigenvalue weighted by Crippen LogP contribution is 2.43. The van der Waals surface area contributed by atoms with Crippen LogP contribution in [0.1, 0.15) is 19.0 Å². The number of carbonyl (C=O) groups is 1. The van der Waals surface area contributed by atoms with E-state index >= 15 is 0 Å². The minimum absolute atomic E-state index is 0.0770. The maximum absolute atomic E-state index is 12.6. The molecule has 22 heavy (non-hydrogen) atoms. The minimum atomic E-state index is -0.460. The van der Waals surface area contributed by atoms with E-state index in [1.54, 1.807) is 6.20 Å². The van der Waals surface area contributed by atoms with E-state index in [9.17, 15) is 10.1 Å². The van der Waals surface area contributed by atoms with Gasteiger partial charge in [-0.1, -0.05) is 0 Å². The molecule has 0 saturated carbocycles. The van der Waals surface area contributed by atoms with Gasteiger partial charge in [-0.3, -0.25) is 4.79 Å². The van der Waals surface area contributed by atoms with Gasteiger partial charge in [-0.15, -0.1) is 0 Å². The average Bonchev–Trinajstić information content (AvgIpc) is 2.95. The highest BCUT2D eigenvalue weighted by Gasteiger charge is 2.53. The molecule has 116 valence electrons. The first-order valence-electron chi connectivity index (χ1n) is 7.53. The summed E-state index contributed by atoms with van der Waals surface area (Å²) in [6.07, 6.45) is 3.78. The summed E-state index contributed by atoms with van der Waals surface area (Å²) in [5, 5.41) is 12.2. The summed E-state index contributed by atoms with van der Waals surface area (Å²) in [6, 6.07) is 2.07. The van der Waals surface area contributed by atoms with E-state index in [4.69, 9.17) is 4.74 Å².